The fourth-order valence-electron chi connectivity index (χ4n) is 1.85. The van der Waals surface area contributed by atoms with Gasteiger partial charge < -0.3 is 10.6 Å². The monoisotopic (exact) mass is 269 g/mol. The zero-order chi connectivity index (χ0) is 14.4. The number of hydrogen-bond acceptors (Lipinski definition) is 3. The van der Waals surface area contributed by atoms with Gasteiger partial charge in [0.25, 0.3) is 5.91 Å². The Balaban J connectivity index is 1.77. The number of amides is 1. The number of benzene rings is 1. The summed E-state index contributed by atoms with van der Waals surface area (Å²) in [6, 6.07) is 9.48. The average molecular weight is 269 g/mol. The Kier molecular flexibility index (Phi) is 4.71. The SMILES string of the molecule is Cc1ccc(C(=O)NCCNc2ccncc2C)cc1. The quantitative estimate of drug-likeness (QED) is 0.820. The number of nitrogens with one attached hydrogen (secondary N) is 2. The van der Waals surface area contributed by atoms with Crippen LogP contribution in [0.3, 0.4) is 0 Å². The summed E-state index contributed by atoms with van der Waals surface area (Å²) in [6.07, 6.45) is 3.56. The molecule has 0 bridgehead atoms. The summed E-state index contributed by atoms with van der Waals surface area (Å²) in [4.78, 5) is 15.9. The smallest absolute Gasteiger partial charge is 0.251 e. The molecular weight excluding hydrogens is 250 g/mol. The summed E-state index contributed by atoms with van der Waals surface area (Å²) in [7, 11) is 0. The summed E-state index contributed by atoms with van der Waals surface area (Å²) in [5, 5.41) is 6.17. The highest BCUT2D eigenvalue weighted by Gasteiger charge is 2.03. The van der Waals surface area contributed by atoms with E-state index in [0.29, 0.717) is 18.7 Å². The van der Waals surface area contributed by atoms with Crippen LogP contribution in [0.2, 0.25) is 0 Å². The minimum absolute atomic E-state index is 0.0433. The van der Waals surface area contributed by atoms with Gasteiger partial charge in [-0.3, -0.25) is 9.78 Å². The fraction of sp³-hybridized carbons (Fsp3) is 0.250. The molecule has 1 aromatic heterocycles. The molecule has 0 saturated carbocycles. The van der Waals surface area contributed by atoms with Crippen molar-refractivity contribution >= 4 is 11.6 Å². The maximum absolute atomic E-state index is 11.9. The van der Waals surface area contributed by atoms with Crippen LogP contribution >= 0.6 is 0 Å². The molecule has 0 unspecified atom stereocenters. The van der Waals surface area contributed by atoms with Crippen molar-refractivity contribution in [2.45, 2.75) is 13.8 Å². The summed E-state index contributed by atoms with van der Waals surface area (Å²) < 4.78 is 0. The summed E-state index contributed by atoms with van der Waals surface area (Å²) in [5.41, 5.74) is 3.98. The van der Waals surface area contributed by atoms with Crippen molar-refractivity contribution in [3.63, 3.8) is 0 Å². The zero-order valence-corrected chi connectivity index (χ0v) is 11.8. The van der Waals surface area contributed by atoms with Crippen molar-refractivity contribution in [1.29, 1.82) is 0 Å². The first-order chi connectivity index (χ1) is 9.66. The highest BCUT2D eigenvalue weighted by atomic mass is 16.1. The van der Waals surface area contributed by atoms with Gasteiger partial charge in [0.15, 0.2) is 0 Å². The van der Waals surface area contributed by atoms with E-state index in [0.717, 1.165) is 16.8 Å². The lowest BCUT2D eigenvalue weighted by atomic mass is 10.1. The first-order valence-corrected chi connectivity index (χ1v) is 6.66. The van der Waals surface area contributed by atoms with Crippen LogP contribution in [-0.2, 0) is 0 Å². The van der Waals surface area contributed by atoms with Gasteiger partial charge in [0, 0.05) is 36.7 Å². The van der Waals surface area contributed by atoms with Crippen LogP contribution in [0, 0.1) is 13.8 Å². The molecule has 1 heterocycles. The van der Waals surface area contributed by atoms with E-state index >= 15 is 0 Å². The Bertz CT molecular complexity index is 579. The van der Waals surface area contributed by atoms with E-state index in [1.165, 1.54) is 0 Å². The molecule has 4 heteroatoms. The van der Waals surface area contributed by atoms with Gasteiger partial charge in [-0.15, -0.1) is 0 Å². The number of rotatable bonds is 5. The fourth-order valence-corrected chi connectivity index (χ4v) is 1.85. The topological polar surface area (TPSA) is 54.0 Å². The predicted octanol–water partition coefficient (Wildman–Crippen LogP) is 2.54. The molecule has 0 aliphatic heterocycles. The second-order valence-electron chi connectivity index (χ2n) is 4.74. The lowest BCUT2D eigenvalue weighted by Crippen LogP contribution is -2.28. The van der Waals surface area contributed by atoms with E-state index in [9.17, 15) is 4.79 Å². The van der Waals surface area contributed by atoms with Crippen LogP contribution in [0.25, 0.3) is 0 Å². The van der Waals surface area contributed by atoms with Crippen molar-refractivity contribution in [3.8, 4) is 0 Å². The van der Waals surface area contributed by atoms with E-state index in [4.69, 9.17) is 0 Å². The Hall–Kier alpha value is -2.36. The zero-order valence-electron chi connectivity index (χ0n) is 11.8. The van der Waals surface area contributed by atoms with Gasteiger partial charge in [0.1, 0.15) is 0 Å². The maximum atomic E-state index is 11.9. The van der Waals surface area contributed by atoms with Gasteiger partial charge >= 0.3 is 0 Å². The van der Waals surface area contributed by atoms with Crippen LogP contribution < -0.4 is 10.6 Å². The summed E-state index contributed by atoms with van der Waals surface area (Å²) >= 11 is 0. The molecule has 104 valence electrons. The predicted molar refractivity (Wildman–Crippen MR) is 81.0 cm³/mol. The Morgan fingerprint density at radius 1 is 1.10 bits per heavy atom. The number of carbonyl (C=O) groups excluding carboxylic acids is 1. The lowest BCUT2D eigenvalue weighted by Gasteiger charge is -2.10. The minimum Gasteiger partial charge on any atom is -0.383 e. The molecule has 20 heavy (non-hydrogen) atoms. The van der Waals surface area contributed by atoms with Gasteiger partial charge in [0.2, 0.25) is 0 Å². The van der Waals surface area contributed by atoms with Gasteiger partial charge in [-0.1, -0.05) is 17.7 Å². The average Bonchev–Trinajstić information content (AvgIpc) is 2.46. The molecule has 1 aromatic carbocycles. The number of hydrogen-bond donors (Lipinski definition) is 2. The van der Waals surface area contributed by atoms with Crippen LogP contribution in [0.15, 0.2) is 42.7 Å². The highest BCUT2D eigenvalue weighted by Crippen LogP contribution is 2.10. The Morgan fingerprint density at radius 2 is 1.85 bits per heavy atom. The number of anilines is 1. The number of aromatic nitrogens is 1. The molecule has 4 nitrogen and oxygen atoms in total. The standard InChI is InChI=1S/C16H19N3O/c1-12-3-5-14(6-4-12)16(20)19-10-9-18-15-7-8-17-11-13(15)2/h3-8,11H,9-10H2,1-2H3,(H,17,18)(H,19,20). The van der Waals surface area contributed by atoms with Gasteiger partial charge in [-0.2, -0.15) is 0 Å². The third-order valence-electron chi connectivity index (χ3n) is 3.06. The van der Waals surface area contributed by atoms with Crippen molar-refractivity contribution in [2.75, 3.05) is 18.4 Å². The van der Waals surface area contributed by atoms with Gasteiger partial charge in [0.05, 0.1) is 0 Å². The molecule has 0 saturated heterocycles. The third kappa shape index (κ3) is 3.82. The molecule has 1 amide bonds. The van der Waals surface area contributed by atoms with Crippen molar-refractivity contribution in [1.82, 2.24) is 10.3 Å². The molecule has 0 atom stereocenters. The second-order valence-corrected chi connectivity index (χ2v) is 4.74. The molecule has 0 aliphatic carbocycles. The molecule has 2 N–H and O–H groups in total. The van der Waals surface area contributed by atoms with Crippen LogP contribution in [0.4, 0.5) is 5.69 Å². The molecule has 0 radical (unpaired) electrons. The number of nitrogens with zero attached hydrogens (tertiary/aromatic N) is 1. The number of carbonyl (C=O) groups is 1. The first kappa shape index (κ1) is 14.1. The van der Waals surface area contributed by atoms with E-state index in [-0.39, 0.29) is 5.91 Å². The van der Waals surface area contributed by atoms with E-state index in [1.54, 1.807) is 6.20 Å². The molecule has 0 aliphatic rings. The first-order valence-electron chi connectivity index (χ1n) is 6.66. The summed E-state index contributed by atoms with van der Waals surface area (Å²) in [6.45, 7) is 5.26. The van der Waals surface area contributed by atoms with Gasteiger partial charge in [-0.25, -0.2) is 0 Å². The van der Waals surface area contributed by atoms with Crippen molar-refractivity contribution < 1.29 is 4.79 Å². The molecule has 0 fully saturated rings. The third-order valence-corrected chi connectivity index (χ3v) is 3.06. The van der Waals surface area contributed by atoms with E-state index < -0.39 is 0 Å². The largest absolute Gasteiger partial charge is 0.383 e. The normalized spacial score (nSPS) is 10.1. The second kappa shape index (κ2) is 6.70. The molecule has 2 aromatic rings. The van der Waals surface area contributed by atoms with Crippen LogP contribution in [0.5, 0.6) is 0 Å². The van der Waals surface area contributed by atoms with E-state index in [2.05, 4.69) is 15.6 Å². The Labute approximate surface area is 119 Å². The molecule has 2 rings (SSSR count). The highest BCUT2D eigenvalue weighted by molar-refractivity contribution is 5.94. The van der Waals surface area contributed by atoms with Gasteiger partial charge in [-0.05, 0) is 37.6 Å². The Morgan fingerprint density at radius 3 is 2.55 bits per heavy atom. The number of pyridine rings is 1. The maximum Gasteiger partial charge on any atom is 0.251 e. The van der Waals surface area contributed by atoms with Crippen molar-refractivity contribution in [2.24, 2.45) is 0 Å². The lowest BCUT2D eigenvalue weighted by molar-refractivity contribution is 0.0955. The van der Waals surface area contributed by atoms with Crippen molar-refractivity contribution in [3.05, 3.63) is 59.4 Å². The minimum atomic E-state index is -0.0433. The molecular formula is C16H19N3O. The van der Waals surface area contributed by atoms with Crippen LogP contribution in [-0.4, -0.2) is 24.0 Å². The number of aryl methyl sites for hydroxylation is 2. The summed E-state index contributed by atoms with van der Waals surface area (Å²) in [5.74, 6) is -0.0433. The molecule has 0 spiro atoms. The van der Waals surface area contributed by atoms with Crippen LogP contribution in [0.1, 0.15) is 21.5 Å². The van der Waals surface area contributed by atoms with E-state index in [1.807, 2.05) is 50.4 Å².